The first-order valence-electron chi connectivity index (χ1n) is 8.10. The Morgan fingerprint density at radius 3 is 2.65 bits per heavy atom. The largest absolute Gasteiger partial charge is 0.368 e. The molecular formula is C18H22Cl3NO4. The quantitative estimate of drug-likeness (QED) is 0.560. The summed E-state index contributed by atoms with van der Waals surface area (Å²) < 4.78 is 15.6. The van der Waals surface area contributed by atoms with Crippen molar-refractivity contribution in [3.63, 3.8) is 0 Å². The van der Waals surface area contributed by atoms with Crippen LogP contribution in [0.3, 0.4) is 0 Å². The van der Waals surface area contributed by atoms with Gasteiger partial charge in [-0.15, -0.1) is 6.58 Å². The molecule has 0 radical (unpaired) electrons. The standard InChI is InChI=1S/C18H22Cl3NO4/c1-4-13(22-16(23)18(19,20)21)15-14(11-25-17(2,3)26-15)24-10-12-8-6-5-7-9-12/h4-9,13-15H,1,10-11H2,2-3H3,(H,22,23)/t13-,14+,15?/m1/s1. The van der Waals surface area contributed by atoms with E-state index in [0.717, 1.165) is 5.56 Å². The number of alkyl halides is 3. The van der Waals surface area contributed by atoms with E-state index in [1.165, 1.54) is 6.08 Å². The Morgan fingerprint density at radius 1 is 1.42 bits per heavy atom. The highest BCUT2D eigenvalue weighted by Gasteiger charge is 2.43. The van der Waals surface area contributed by atoms with E-state index in [1.807, 2.05) is 30.3 Å². The zero-order valence-electron chi connectivity index (χ0n) is 14.6. The van der Waals surface area contributed by atoms with Gasteiger partial charge < -0.3 is 19.5 Å². The second-order valence-corrected chi connectivity index (χ2v) is 8.64. The van der Waals surface area contributed by atoms with Crippen molar-refractivity contribution in [1.82, 2.24) is 5.32 Å². The minimum atomic E-state index is -2.08. The van der Waals surface area contributed by atoms with Crippen molar-refractivity contribution < 1.29 is 19.0 Å². The maximum Gasteiger partial charge on any atom is 0.272 e. The maximum atomic E-state index is 12.0. The number of carbonyl (C=O) groups excluding carboxylic acids is 1. The fourth-order valence-electron chi connectivity index (χ4n) is 2.55. The highest BCUT2D eigenvalue weighted by Crippen LogP contribution is 2.29. The zero-order valence-corrected chi connectivity index (χ0v) is 16.9. The molecule has 8 heteroatoms. The topological polar surface area (TPSA) is 56.8 Å². The number of nitrogens with one attached hydrogen (secondary N) is 1. The van der Waals surface area contributed by atoms with Gasteiger partial charge in [-0.05, 0) is 19.4 Å². The molecule has 1 saturated heterocycles. The van der Waals surface area contributed by atoms with Crippen LogP contribution in [0.25, 0.3) is 0 Å². The van der Waals surface area contributed by atoms with Crippen molar-refractivity contribution in [2.24, 2.45) is 0 Å². The van der Waals surface area contributed by atoms with Crippen LogP contribution in [-0.4, -0.2) is 40.3 Å². The summed E-state index contributed by atoms with van der Waals surface area (Å²) in [7, 11) is 0. The molecule has 0 spiro atoms. The van der Waals surface area contributed by atoms with Crippen LogP contribution < -0.4 is 5.32 Å². The summed E-state index contributed by atoms with van der Waals surface area (Å²) in [4.78, 5) is 12.0. The van der Waals surface area contributed by atoms with Crippen molar-refractivity contribution in [2.45, 2.75) is 48.3 Å². The van der Waals surface area contributed by atoms with E-state index < -0.39 is 33.7 Å². The SMILES string of the molecule is C=C[C@@H](NC(=O)C(Cl)(Cl)Cl)C1OC(C)(C)OC[C@@H]1OCc1ccccc1. The number of halogens is 3. The minimum absolute atomic E-state index is 0.290. The molecule has 1 aliphatic rings. The van der Waals surface area contributed by atoms with Gasteiger partial charge in [-0.2, -0.15) is 0 Å². The maximum absolute atomic E-state index is 12.0. The van der Waals surface area contributed by atoms with Crippen LogP contribution in [0.1, 0.15) is 19.4 Å². The molecule has 1 unspecified atom stereocenters. The summed E-state index contributed by atoms with van der Waals surface area (Å²) in [5.74, 6) is -1.61. The Kier molecular flexibility index (Phi) is 7.36. The molecule has 0 aliphatic carbocycles. The van der Waals surface area contributed by atoms with Gasteiger partial charge in [0.25, 0.3) is 9.70 Å². The van der Waals surface area contributed by atoms with Gasteiger partial charge >= 0.3 is 0 Å². The molecule has 1 amide bonds. The summed E-state index contributed by atoms with van der Waals surface area (Å²) in [5.41, 5.74) is 1.01. The van der Waals surface area contributed by atoms with E-state index >= 15 is 0 Å². The van der Waals surface area contributed by atoms with Crippen molar-refractivity contribution in [2.75, 3.05) is 6.61 Å². The van der Waals surface area contributed by atoms with E-state index in [4.69, 9.17) is 49.0 Å². The van der Waals surface area contributed by atoms with Gasteiger partial charge in [-0.1, -0.05) is 71.2 Å². The molecule has 0 saturated carbocycles. The molecule has 1 aromatic rings. The van der Waals surface area contributed by atoms with Gasteiger partial charge in [-0.25, -0.2) is 0 Å². The number of benzene rings is 1. The molecule has 1 fully saturated rings. The highest BCUT2D eigenvalue weighted by molar-refractivity contribution is 6.76. The molecule has 1 aromatic carbocycles. The Labute approximate surface area is 168 Å². The number of hydrogen-bond acceptors (Lipinski definition) is 4. The number of hydrogen-bond donors (Lipinski definition) is 1. The molecule has 5 nitrogen and oxygen atoms in total. The smallest absolute Gasteiger partial charge is 0.272 e. The lowest BCUT2D eigenvalue weighted by atomic mass is 10.0. The zero-order chi connectivity index (χ0) is 19.4. The molecule has 26 heavy (non-hydrogen) atoms. The molecule has 2 rings (SSSR count). The summed E-state index contributed by atoms with van der Waals surface area (Å²) in [6.45, 7) is 7.98. The van der Waals surface area contributed by atoms with Crippen molar-refractivity contribution in [3.05, 3.63) is 48.6 Å². The minimum Gasteiger partial charge on any atom is -0.368 e. The average molecular weight is 423 g/mol. The molecule has 144 valence electrons. The number of carbonyl (C=O) groups is 1. The Hall–Kier alpha value is -0.820. The van der Waals surface area contributed by atoms with E-state index in [1.54, 1.807) is 13.8 Å². The molecule has 3 atom stereocenters. The van der Waals surface area contributed by atoms with Gasteiger partial charge in [0.2, 0.25) is 0 Å². The Balaban J connectivity index is 2.11. The van der Waals surface area contributed by atoms with Crippen LogP contribution in [0.15, 0.2) is 43.0 Å². The van der Waals surface area contributed by atoms with Crippen LogP contribution in [0, 0.1) is 0 Å². The van der Waals surface area contributed by atoms with E-state index in [2.05, 4.69) is 11.9 Å². The van der Waals surface area contributed by atoms with Crippen LogP contribution >= 0.6 is 34.8 Å². The predicted molar refractivity (Wildman–Crippen MR) is 102 cm³/mol. The van der Waals surface area contributed by atoms with Crippen molar-refractivity contribution in [3.8, 4) is 0 Å². The Morgan fingerprint density at radius 2 is 2.08 bits per heavy atom. The lowest BCUT2D eigenvalue weighted by Gasteiger charge is -2.43. The first kappa shape index (κ1) is 21.5. The fraction of sp³-hybridized carbons (Fsp3) is 0.500. The van der Waals surface area contributed by atoms with Crippen molar-refractivity contribution >= 4 is 40.7 Å². The monoisotopic (exact) mass is 421 g/mol. The van der Waals surface area contributed by atoms with Crippen molar-refractivity contribution in [1.29, 1.82) is 0 Å². The molecule has 0 aromatic heterocycles. The second kappa shape index (κ2) is 8.91. The van der Waals surface area contributed by atoms with Crippen LogP contribution in [-0.2, 0) is 25.6 Å². The average Bonchev–Trinajstić information content (AvgIpc) is 2.58. The first-order valence-corrected chi connectivity index (χ1v) is 9.23. The molecule has 0 bridgehead atoms. The summed E-state index contributed by atoms with van der Waals surface area (Å²) >= 11 is 16.9. The van der Waals surface area contributed by atoms with E-state index in [0.29, 0.717) is 13.2 Å². The van der Waals surface area contributed by atoms with Gasteiger partial charge in [0.05, 0.1) is 19.3 Å². The lowest BCUT2D eigenvalue weighted by Crippen LogP contribution is -2.59. The summed E-state index contributed by atoms with van der Waals surface area (Å²) in [5, 5.41) is 2.63. The van der Waals surface area contributed by atoms with Crippen LogP contribution in [0.2, 0.25) is 0 Å². The normalized spacial score (nSPS) is 23.9. The third kappa shape index (κ3) is 6.12. The fourth-order valence-corrected chi connectivity index (χ4v) is 2.71. The third-order valence-corrected chi connectivity index (χ3v) is 4.37. The van der Waals surface area contributed by atoms with Crippen LogP contribution in [0.5, 0.6) is 0 Å². The van der Waals surface area contributed by atoms with Gasteiger partial charge in [0.1, 0.15) is 12.2 Å². The van der Waals surface area contributed by atoms with Gasteiger partial charge in [0.15, 0.2) is 5.79 Å². The van der Waals surface area contributed by atoms with E-state index in [-0.39, 0.29) is 0 Å². The Bertz CT molecular complexity index is 619. The third-order valence-electron chi connectivity index (χ3n) is 3.85. The summed E-state index contributed by atoms with van der Waals surface area (Å²) in [6.07, 6.45) is 0.525. The lowest BCUT2D eigenvalue weighted by molar-refractivity contribution is -0.313. The van der Waals surface area contributed by atoms with E-state index in [9.17, 15) is 4.79 Å². The molecule has 1 heterocycles. The predicted octanol–water partition coefficient (Wildman–Crippen LogP) is 3.76. The molecule has 1 N–H and O–H groups in total. The highest BCUT2D eigenvalue weighted by atomic mass is 35.6. The number of ether oxygens (including phenoxy) is 3. The number of rotatable bonds is 6. The molecular weight excluding hydrogens is 401 g/mol. The van der Waals surface area contributed by atoms with Gasteiger partial charge in [-0.3, -0.25) is 4.79 Å². The molecule has 1 aliphatic heterocycles. The van der Waals surface area contributed by atoms with Crippen LogP contribution in [0.4, 0.5) is 0 Å². The first-order chi connectivity index (χ1) is 12.1. The summed E-state index contributed by atoms with van der Waals surface area (Å²) in [6, 6.07) is 9.09. The second-order valence-electron chi connectivity index (χ2n) is 6.36. The van der Waals surface area contributed by atoms with Gasteiger partial charge in [0, 0.05) is 0 Å². The number of amides is 1.